The van der Waals surface area contributed by atoms with Crippen LogP contribution in [0.4, 0.5) is 11.4 Å². The monoisotopic (exact) mass is 221 g/mol. The van der Waals surface area contributed by atoms with Crippen molar-refractivity contribution in [1.29, 1.82) is 0 Å². The van der Waals surface area contributed by atoms with Crippen molar-refractivity contribution in [3.63, 3.8) is 0 Å². The third kappa shape index (κ3) is 3.46. The van der Waals surface area contributed by atoms with Gasteiger partial charge in [0.25, 0.3) is 0 Å². The highest BCUT2D eigenvalue weighted by atomic mass is 16.1. The van der Waals surface area contributed by atoms with Gasteiger partial charge in [0.2, 0.25) is 5.91 Å². The van der Waals surface area contributed by atoms with Gasteiger partial charge in [0.15, 0.2) is 0 Å². The summed E-state index contributed by atoms with van der Waals surface area (Å²) in [4.78, 5) is 10.9. The molecule has 0 aromatic heterocycles. The minimum Gasteiger partial charge on any atom is -0.397 e. The molecule has 4 nitrogen and oxygen atoms in total. The summed E-state index contributed by atoms with van der Waals surface area (Å²) < 4.78 is 0. The van der Waals surface area contributed by atoms with Crippen LogP contribution < -0.4 is 16.8 Å². The first-order valence-corrected chi connectivity index (χ1v) is 5.23. The summed E-state index contributed by atoms with van der Waals surface area (Å²) in [7, 11) is 0. The van der Waals surface area contributed by atoms with Gasteiger partial charge in [0.05, 0.1) is 11.4 Å². The zero-order valence-electron chi connectivity index (χ0n) is 10.0. The second kappa shape index (κ2) is 4.43. The zero-order valence-corrected chi connectivity index (χ0v) is 10.0. The molecule has 5 N–H and O–H groups in total. The normalized spacial score (nSPS) is 11.2. The number of carbonyl (C=O) groups is 1. The molecule has 0 spiro atoms. The van der Waals surface area contributed by atoms with Crippen LogP contribution in [-0.2, 0) is 4.79 Å². The Morgan fingerprint density at radius 2 is 2.06 bits per heavy atom. The molecule has 1 amide bonds. The SMILES string of the molecule is Cc1ccc(NC(C)(C)CC(N)=O)c(N)c1. The van der Waals surface area contributed by atoms with Crippen molar-refractivity contribution in [2.24, 2.45) is 5.73 Å². The third-order valence-corrected chi connectivity index (χ3v) is 2.30. The first kappa shape index (κ1) is 12.4. The number of amides is 1. The topological polar surface area (TPSA) is 81.1 Å². The minimum absolute atomic E-state index is 0.264. The van der Waals surface area contributed by atoms with Crippen LogP contribution in [0.15, 0.2) is 18.2 Å². The Kier molecular flexibility index (Phi) is 3.42. The Hall–Kier alpha value is -1.71. The second-order valence-electron chi connectivity index (χ2n) is 4.74. The van der Waals surface area contributed by atoms with Crippen LogP contribution in [0.2, 0.25) is 0 Å². The van der Waals surface area contributed by atoms with Crippen molar-refractivity contribution in [3.05, 3.63) is 23.8 Å². The van der Waals surface area contributed by atoms with Gasteiger partial charge in [-0.1, -0.05) is 6.07 Å². The summed E-state index contributed by atoms with van der Waals surface area (Å²) in [6.07, 6.45) is 0.264. The molecular formula is C12H19N3O. The fourth-order valence-electron chi connectivity index (χ4n) is 1.64. The van der Waals surface area contributed by atoms with Crippen molar-refractivity contribution in [2.75, 3.05) is 11.1 Å². The van der Waals surface area contributed by atoms with Crippen LogP contribution in [0.5, 0.6) is 0 Å². The molecule has 1 rings (SSSR count). The number of hydrogen-bond acceptors (Lipinski definition) is 3. The molecule has 88 valence electrons. The minimum atomic E-state index is -0.394. The molecular weight excluding hydrogens is 202 g/mol. The molecule has 0 atom stereocenters. The Morgan fingerprint density at radius 1 is 1.44 bits per heavy atom. The van der Waals surface area contributed by atoms with Gasteiger partial charge in [-0.3, -0.25) is 4.79 Å². The molecule has 0 aliphatic carbocycles. The van der Waals surface area contributed by atoms with Gasteiger partial charge in [-0.25, -0.2) is 0 Å². The molecule has 0 heterocycles. The first-order chi connectivity index (χ1) is 7.30. The van der Waals surface area contributed by atoms with E-state index in [0.717, 1.165) is 11.3 Å². The molecule has 0 unspecified atom stereocenters. The lowest BCUT2D eigenvalue weighted by Crippen LogP contribution is -2.36. The largest absolute Gasteiger partial charge is 0.397 e. The maximum Gasteiger partial charge on any atom is 0.219 e. The molecule has 0 saturated carbocycles. The quantitative estimate of drug-likeness (QED) is 0.676. The van der Waals surface area contributed by atoms with Crippen LogP contribution in [0.25, 0.3) is 0 Å². The number of rotatable bonds is 4. The van der Waals surface area contributed by atoms with E-state index in [1.807, 2.05) is 39.0 Å². The summed E-state index contributed by atoms with van der Waals surface area (Å²) in [6, 6.07) is 5.77. The molecule has 1 aromatic carbocycles. The highest BCUT2D eigenvalue weighted by molar-refractivity contribution is 5.76. The lowest BCUT2D eigenvalue weighted by molar-refractivity contribution is -0.118. The van der Waals surface area contributed by atoms with Crippen LogP contribution in [-0.4, -0.2) is 11.4 Å². The van der Waals surface area contributed by atoms with Gasteiger partial charge in [-0.2, -0.15) is 0 Å². The second-order valence-corrected chi connectivity index (χ2v) is 4.74. The van der Waals surface area contributed by atoms with Crippen LogP contribution >= 0.6 is 0 Å². The summed E-state index contributed by atoms with van der Waals surface area (Å²) >= 11 is 0. The van der Waals surface area contributed by atoms with Gasteiger partial charge in [-0.05, 0) is 38.5 Å². The number of aryl methyl sites for hydroxylation is 1. The molecule has 4 heteroatoms. The van der Waals surface area contributed by atoms with E-state index in [9.17, 15) is 4.79 Å². The molecule has 0 saturated heterocycles. The van der Waals surface area contributed by atoms with Gasteiger partial charge in [0.1, 0.15) is 0 Å². The number of nitrogens with two attached hydrogens (primary N) is 2. The van der Waals surface area contributed by atoms with Crippen molar-refractivity contribution < 1.29 is 4.79 Å². The molecule has 0 aliphatic rings. The summed E-state index contributed by atoms with van der Waals surface area (Å²) in [5.41, 5.74) is 13.3. The van der Waals surface area contributed by atoms with E-state index in [-0.39, 0.29) is 12.3 Å². The van der Waals surface area contributed by atoms with Crippen LogP contribution in [0.1, 0.15) is 25.8 Å². The number of hydrogen-bond donors (Lipinski definition) is 3. The van der Waals surface area contributed by atoms with Crippen molar-refractivity contribution in [3.8, 4) is 0 Å². The Labute approximate surface area is 96.0 Å². The fourth-order valence-corrected chi connectivity index (χ4v) is 1.64. The van der Waals surface area contributed by atoms with Gasteiger partial charge in [0, 0.05) is 12.0 Å². The third-order valence-electron chi connectivity index (χ3n) is 2.30. The van der Waals surface area contributed by atoms with Gasteiger partial charge in [-0.15, -0.1) is 0 Å². The lowest BCUT2D eigenvalue weighted by atomic mass is 9.99. The number of nitrogens with one attached hydrogen (secondary N) is 1. The van der Waals surface area contributed by atoms with Crippen molar-refractivity contribution in [2.45, 2.75) is 32.7 Å². The predicted molar refractivity (Wildman–Crippen MR) is 67.1 cm³/mol. The van der Waals surface area contributed by atoms with E-state index in [1.54, 1.807) is 0 Å². The van der Waals surface area contributed by atoms with Crippen LogP contribution in [0.3, 0.4) is 0 Å². The Morgan fingerprint density at radius 3 is 2.56 bits per heavy atom. The standard InChI is InChI=1S/C12H19N3O/c1-8-4-5-10(9(13)6-8)15-12(2,3)7-11(14)16/h4-6,15H,7,13H2,1-3H3,(H2,14,16). The maximum absolute atomic E-state index is 10.9. The zero-order chi connectivity index (χ0) is 12.3. The van der Waals surface area contributed by atoms with Gasteiger partial charge < -0.3 is 16.8 Å². The number of primary amides is 1. The Bertz CT molecular complexity index is 399. The molecule has 16 heavy (non-hydrogen) atoms. The lowest BCUT2D eigenvalue weighted by Gasteiger charge is -2.27. The average molecular weight is 221 g/mol. The number of nitrogen functional groups attached to an aromatic ring is 1. The highest BCUT2D eigenvalue weighted by Crippen LogP contribution is 2.24. The number of anilines is 2. The van der Waals surface area contributed by atoms with E-state index in [4.69, 9.17) is 11.5 Å². The van der Waals surface area contributed by atoms with E-state index >= 15 is 0 Å². The Balaban J connectivity index is 2.83. The fraction of sp³-hybridized carbons (Fsp3) is 0.417. The number of carbonyl (C=O) groups excluding carboxylic acids is 1. The summed E-state index contributed by atoms with van der Waals surface area (Å²) in [6.45, 7) is 5.81. The van der Waals surface area contributed by atoms with E-state index in [0.29, 0.717) is 5.69 Å². The molecule has 0 fully saturated rings. The number of benzene rings is 1. The van der Waals surface area contributed by atoms with Crippen LogP contribution in [0, 0.1) is 6.92 Å². The highest BCUT2D eigenvalue weighted by Gasteiger charge is 2.20. The summed E-state index contributed by atoms with van der Waals surface area (Å²) in [5, 5.41) is 3.22. The summed E-state index contributed by atoms with van der Waals surface area (Å²) in [5.74, 6) is -0.330. The van der Waals surface area contributed by atoms with E-state index < -0.39 is 5.54 Å². The smallest absolute Gasteiger partial charge is 0.219 e. The molecule has 0 radical (unpaired) electrons. The van der Waals surface area contributed by atoms with E-state index in [1.165, 1.54) is 0 Å². The molecule has 0 bridgehead atoms. The first-order valence-electron chi connectivity index (χ1n) is 5.23. The average Bonchev–Trinajstić information content (AvgIpc) is 2.07. The van der Waals surface area contributed by atoms with Crippen molar-refractivity contribution in [1.82, 2.24) is 0 Å². The van der Waals surface area contributed by atoms with Crippen molar-refractivity contribution >= 4 is 17.3 Å². The van der Waals surface area contributed by atoms with Gasteiger partial charge >= 0.3 is 0 Å². The van der Waals surface area contributed by atoms with E-state index in [2.05, 4.69) is 5.32 Å². The molecule has 1 aromatic rings. The maximum atomic E-state index is 10.9. The predicted octanol–water partition coefficient (Wildman–Crippen LogP) is 1.64. The molecule has 0 aliphatic heterocycles.